The zero-order chi connectivity index (χ0) is 17.5. The van der Waals surface area contributed by atoms with Crippen LogP contribution in [0.3, 0.4) is 0 Å². The van der Waals surface area contributed by atoms with E-state index in [4.69, 9.17) is 5.73 Å². The van der Waals surface area contributed by atoms with Gasteiger partial charge in [-0.25, -0.2) is 4.99 Å². The van der Waals surface area contributed by atoms with E-state index < -0.39 is 0 Å². The summed E-state index contributed by atoms with van der Waals surface area (Å²) in [4.78, 5) is 16.0. The van der Waals surface area contributed by atoms with E-state index in [0.29, 0.717) is 0 Å². The molecule has 2 aromatic rings. The molecule has 0 unspecified atom stereocenters. The molecular weight excluding hydrogens is 427 g/mol. The van der Waals surface area contributed by atoms with Crippen LogP contribution >= 0.6 is 24.0 Å². The Hall–Kier alpha value is -2.09. The van der Waals surface area contributed by atoms with Crippen LogP contribution in [-0.2, 0) is 11.2 Å². The first-order chi connectivity index (χ1) is 11.5. The fourth-order valence-electron chi connectivity index (χ4n) is 2.23. The quantitative estimate of drug-likeness (QED) is 0.366. The summed E-state index contributed by atoms with van der Waals surface area (Å²) >= 11 is 0. The van der Waals surface area contributed by atoms with Crippen molar-refractivity contribution in [3.63, 3.8) is 0 Å². The van der Waals surface area contributed by atoms with Gasteiger partial charge in [0, 0.05) is 11.4 Å². The highest BCUT2D eigenvalue weighted by atomic mass is 127. The molecule has 5 nitrogen and oxygen atoms in total. The van der Waals surface area contributed by atoms with Crippen molar-refractivity contribution in [3.8, 4) is 0 Å². The van der Waals surface area contributed by atoms with Gasteiger partial charge in [0.1, 0.15) is 6.54 Å². The smallest absolute Gasteiger partial charge is 0.246 e. The molecule has 4 N–H and O–H groups in total. The fourth-order valence-corrected chi connectivity index (χ4v) is 2.23. The van der Waals surface area contributed by atoms with Crippen molar-refractivity contribution in [2.24, 2.45) is 10.7 Å². The number of guanidine groups is 1. The normalized spacial score (nSPS) is 10.8. The second-order valence-corrected chi connectivity index (χ2v) is 5.73. The summed E-state index contributed by atoms with van der Waals surface area (Å²) in [6, 6.07) is 13.7. The van der Waals surface area contributed by atoms with Gasteiger partial charge in [0.25, 0.3) is 0 Å². The number of aryl methyl sites for hydroxylation is 3. The maximum Gasteiger partial charge on any atom is 0.246 e. The van der Waals surface area contributed by atoms with E-state index in [9.17, 15) is 4.79 Å². The first kappa shape index (κ1) is 21.0. The Labute approximate surface area is 166 Å². The number of carbonyl (C=O) groups is 1. The van der Waals surface area contributed by atoms with Crippen molar-refractivity contribution in [1.82, 2.24) is 0 Å². The number of hydrogen-bond donors (Lipinski definition) is 3. The molecule has 0 aromatic heterocycles. The number of hydrogen-bond acceptors (Lipinski definition) is 2. The van der Waals surface area contributed by atoms with Crippen LogP contribution in [0.15, 0.2) is 47.5 Å². The highest BCUT2D eigenvalue weighted by Crippen LogP contribution is 2.14. The Balaban J connectivity index is 0.00000312. The first-order valence-corrected chi connectivity index (χ1v) is 8.01. The van der Waals surface area contributed by atoms with Crippen molar-refractivity contribution >= 4 is 47.2 Å². The molecule has 6 heteroatoms. The summed E-state index contributed by atoms with van der Waals surface area (Å²) in [5, 5.41) is 5.82. The average Bonchev–Trinajstić information content (AvgIpc) is 2.56. The van der Waals surface area contributed by atoms with E-state index in [1.165, 1.54) is 16.7 Å². The third kappa shape index (κ3) is 6.74. The van der Waals surface area contributed by atoms with Gasteiger partial charge in [0.05, 0.1) is 0 Å². The second kappa shape index (κ2) is 10.0. The molecule has 0 atom stereocenters. The Kier molecular flexibility index (Phi) is 8.40. The van der Waals surface area contributed by atoms with Gasteiger partial charge >= 0.3 is 0 Å². The minimum atomic E-state index is -0.201. The van der Waals surface area contributed by atoms with Crippen molar-refractivity contribution in [3.05, 3.63) is 59.2 Å². The summed E-state index contributed by atoms with van der Waals surface area (Å²) in [5.74, 6) is 0.0174. The largest absolute Gasteiger partial charge is 0.370 e. The lowest BCUT2D eigenvalue weighted by molar-refractivity contribution is -0.114. The Morgan fingerprint density at radius 3 is 2.44 bits per heavy atom. The number of benzene rings is 2. The molecule has 0 spiro atoms. The van der Waals surface area contributed by atoms with E-state index >= 15 is 0 Å². The lowest BCUT2D eigenvalue weighted by atomic mass is 10.1. The second-order valence-electron chi connectivity index (χ2n) is 5.73. The van der Waals surface area contributed by atoms with Crippen molar-refractivity contribution < 1.29 is 4.79 Å². The minimum absolute atomic E-state index is 0. The third-order valence-corrected chi connectivity index (χ3v) is 3.79. The molecule has 0 radical (unpaired) electrons. The molecule has 0 aliphatic rings. The van der Waals surface area contributed by atoms with Crippen LogP contribution in [0.2, 0.25) is 0 Å². The van der Waals surface area contributed by atoms with Gasteiger partial charge in [-0.2, -0.15) is 0 Å². The Morgan fingerprint density at radius 2 is 1.76 bits per heavy atom. The lowest BCUT2D eigenvalue weighted by Crippen LogP contribution is -2.25. The maximum absolute atomic E-state index is 12.0. The zero-order valence-electron chi connectivity index (χ0n) is 14.8. The van der Waals surface area contributed by atoms with Crippen molar-refractivity contribution in [2.75, 3.05) is 17.2 Å². The van der Waals surface area contributed by atoms with Gasteiger partial charge in [0.15, 0.2) is 5.96 Å². The van der Waals surface area contributed by atoms with Crippen LogP contribution < -0.4 is 16.4 Å². The summed E-state index contributed by atoms with van der Waals surface area (Å²) in [6.45, 7) is 6.13. The minimum Gasteiger partial charge on any atom is -0.370 e. The molecule has 2 aromatic carbocycles. The SMILES string of the molecule is CCc1cccc(NC(=O)CN=C(N)Nc2ccc(C)c(C)c2)c1.I. The Bertz CT molecular complexity index is 759. The maximum atomic E-state index is 12.0. The van der Waals surface area contributed by atoms with Gasteiger partial charge in [0.2, 0.25) is 5.91 Å². The standard InChI is InChI=1S/C19H24N4O.HI/c1-4-15-6-5-7-16(11-15)22-18(24)12-21-19(20)23-17-9-8-13(2)14(3)10-17;/h5-11H,4,12H2,1-3H3,(H,22,24)(H3,20,21,23);1H. The zero-order valence-corrected chi connectivity index (χ0v) is 17.1. The number of rotatable bonds is 5. The molecule has 134 valence electrons. The highest BCUT2D eigenvalue weighted by Gasteiger charge is 2.03. The lowest BCUT2D eigenvalue weighted by Gasteiger charge is -2.08. The van der Waals surface area contributed by atoms with E-state index in [1.54, 1.807) is 0 Å². The number of aliphatic imine (C=N–C) groups is 1. The summed E-state index contributed by atoms with van der Waals surface area (Å²) < 4.78 is 0. The topological polar surface area (TPSA) is 79.5 Å². The molecule has 25 heavy (non-hydrogen) atoms. The summed E-state index contributed by atoms with van der Waals surface area (Å²) in [7, 11) is 0. The molecule has 0 aliphatic carbocycles. The third-order valence-electron chi connectivity index (χ3n) is 3.79. The summed E-state index contributed by atoms with van der Waals surface area (Å²) in [6.07, 6.45) is 0.925. The predicted molar refractivity (Wildman–Crippen MR) is 116 cm³/mol. The molecule has 0 bridgehead atoms. The number of amides is 1. The van der Waals surface area contributed by atoms with Crippen molar-refractivity contribution in [2.45, 2.75) is 27.2 Å². The van der Waals surface area contributed by atoms with Gasteiger partial charge in [-0.3, -0.25) is 4.79 Å². The van der Waals surface area contributed by atoms with E-state index in [-0.39, 0.29) is 42.4 Å². The van der Waals surface area contributed by atoms with Crippen molar-refractivity contribution in [1.29, 1.82) is 0 Å². The van der Waals surface area contributed by atoms with Crippen LogP contribution in [0.1, 0.15) is 23.6 Å². The van der Waals surface area contributed by atoms with Gasteiger partial charge in [-0.05, 0) is 61.2 Å². The molecule has 0 saturated heterocycles. The van der Waals surface area contributed by atoms with Crippen LogP contribution in [-0.4, -0.2) is 18.4 Å². The molecule has 1 amide bonds. The monoisotopic (exact) mass is 452 g/mol. The fraction of sp³-hybridized carbons (Fsp3) is 0.263. The van der Waals surface area contributed by atoms with Gasteiger partial charge < -0.3 is 16.4 Å². The number of halogens is 1. The van der Waals surface area contributed by atoms with Gasteiger partial charge in [-0.15, -0.1) is 24.0 Å². The van der Waals surface area contributed by atoms with Gasteiger partial charge in [-0.1, -0.05) is 25.1 Å². The molecule has 0 heterocycles. The number of nitrogens with zero attached hydrogens (tertiary/aromatic N) is 1. The first-order valence-electron chi connectivity index (χ1n) is 8.01. The predicted octanol–water partition coefficient (Wildman–Crippen LogP) is 3.85. The number of anilines is 2. The number of nitrogens with one attached hydrogen (secondary N) is 2. The molecule has 0 fully saturated rings. The average molecular weight is 452 g/mol. The number of carbonyl (C=O) groups excluding carboxylic acids is 1. The molecule has 0 saturated carbocycles. The van der Waals surface area contributed by atoms with E-state index in [1.807, 2.05) is 49.4 Å². The molecular formula is C19H25IN4O. The van der Waals surface area contributed by atoms with E-state index in [2.05, 4.69) is 29.5 Å². The Morgan fingerprint density at radius 1 is 1.04 bits per heavy atom. The van der Waals surface area contributed by atoms with Crippen LogP contribution in [0.5, 0.6) is 0 Å². The van der Waals surface area contributed by atoms with E-state index in [0.717, 1.165) is 17.8 Å². The highest BCUT2D eigenvalue weighted by molar-refractivity contribution is 14.0. The molecule has 0 aliphatic heterocycles. The molecule has 2 rings (SSSR count). The summed E-state index contributed by atoms with van der Waals surface area (Å²) in [5.41, 5.74) is 11.0. The van der Waals surface area contributed by atoms with Crippen LogP contribution in [0.25, 0.3) is 0 Å². The van der Waals surface area contributed by atoms with Crippen LogP contribution in [0, 0.1) is 13.8 Å². The number of nitrogens with two attached hydrogens (primary N) is 1. The van der Waals surface area contributed by atoms with Crippen LogP contribution in [0.4, 0.5) is 11.4 Å².